The molecule has 1 aromatic rings. The summed E-state index contributed by atoms with van der Waals surface area (Å²) < 4.78 is 17.2. The topological polar surface area (TPSA) is 63.5 Å². The zero-order chi connectivity index (χ0) is 25.6. The van der Waals surface area contributed by atoms with E-state index in [4.69, 9.17) is 14.2 Å². The zero-order valence-corrected chi connectivity index (χ0v) is 26.1. The summed E-state index contributed by atoms with van der Waals surface area (Å²) in [5, 5.41) is 12.1. The fourth-order valence-electron chi connectivity index (χ4n) is 4.14. The van der Waals surface area contributed by atoms with E-state index in [-0.39, 0.29) is 11.7 Å². The van der Waals surface area contributed by atoms with Crippen molar-refractivity contribution in [1.82, 2.24) is 4.90 Å². The Hall–Kier alpha value is -0.170. The van der Waals surface area contributed by atoms with Crippen LogP contribution in [-0.2, 0) is 15.1 Å². The molecule has 6 nitrogen and oxygen atoms in total. The van der Waals surface area contributed by atoms with Crippen molar-refractivity contribution < 1.29 is 19.3 Å². The molecule has 0 aromatic heterocycles. The van der Waals surface area contributed by atoms with Crippen molar-refractivity contribution in [2.75, 3.05) is 33.9 Å². The minimum absolute atomic E-state index is 0.0397. The number of aliphatic imine (C=N–C) groups is 1. The number of ether oxygens (including phenoxy) is 3. The normalized spacial score (nSPS) is 23.2. The van der Waals surface area contributed by atoms with Gasteiger partial charge in [0.25, 0.3) is 0 Å². The van der Waals surface area contributed by atoms with Crippen LogP contribution in [0.1, 0.15) is 70.9 Å². The molecule has 1 heterocycles. The molecule has 1 saturated heterocycles. The number of halogens is 2. The standard InChI is InChI=1S/C26H42I2N2O4/c1-8-11-23-33-16-24(4,17-34-23)12-10-13-26(31,25(5,27)28)20-14-19(3)21(15-22(20)32-7)29-18-30(6)9-2/h14-15,18,23,31H,8-13,16-17H2,1-7H3. The van der Waals surface area contributed by atoms with Crippen LogP contribution in [0.4, 0.5) is 5.69 Å². The maximum atomic E-state index is 12.1. The Labute approximate surface area is 233 Å². The van der Waals surface area contributed by atoms with Gasteiger partial charge in [0.05, 0.1) is 32.3 Å². The first-order valence-corrected chi connectivity index (χ1v) is 14.3. The molecule has 0 spiro atoms. The predicted molar refractivity (Wildman–Crippen MR) is 157 cm³/mol. The van der Waals surface area contributed by atoms with E-state index in [1.54, 1.807) is 7.11 Å². The largest absolute Gasteiger partial charge is 0.496 e. The minimum Gasteiger partial charge on any atom is -0.496 e. The highest BCUT2D eigenvalue weighted by Gasteiger charge is 2.47. The second kappa shape index (κ2) is 12.9. The second-order valence-electron chi connectivity index (χ2n) is 9.91. The first-order chi connectivity index (χ1) is 15.9. The number of aryl methyl sites for hydroxylation is 1. The highest BCUT2D eigenvalue weighted by atomic mass is 127. The van der Waals surface area contributed by atoms with Gasteiger partial charge < -0.3 is 24.2 Å². The van der Waals surface area contributed by atoms with Crippen LogP contribution in [0.25, 0.3) is 0 Å². The lowest BCUT2D eigenvalue weighted by Crippen LogP contribution is -2.42. The molecule has 0 bridgehead atoms. The van der Waals surface area contributed by atoms with Gasteiger partial charge in [0.1, 0.15) is 12.8 Å². The number of rotatable bonds is 12. The minimum atomic E-state index is -1.08. The Kier molecular flexibility index (Phi) is 11.4. The molecule has 1 aliphatic heterocycles. The van der Waals surface area contributed by atoms with Gasteiger partial charge >= 0.3 is 0 Å². The van der Waals surface area contributed by atoms with Crippen molar-refractivity contribution in [3.8, 4) is 5.75 Å². The van der Waals surface area contributed by atoms with E-state index in [1.807, 2.05) is 37.3 Å². The summed E-state index contributed by atoms with van der Waals surface area (Å²) in [4.78, 5) is 6.65. The Morgan fingerprint density at radius 2 is 1.94 bits per heavy atom. The van der Waals surface area contributed by atoms with E-state index in [1.165, 1.54) is 0 Å². The summed E-state index contributed by atoms with van der Waals surface area (Å²) >= 11 is 4.70. The fourth-order valence-corrected chi connectivity index (χ4v) is 5.26. The number of alkyl halides is 2. The van der Waals surface area contributed by atoms with E-state index < -0.39 is 7.03 Å². The van der Waals surface area contributed by atoms with Crippen molar-refractivity contribution in [1.29, 1.82) is 0 Å². The van der Waals surface area contributed by atoms with Crippen molar-refractivity contribution >= 4 is 57.2 Å². The molecule has 0 amide bonds. The molecule has 8 heteroatoms. The van der Waals surface area contributed by atoms with E-state index >= 15 is 0 Å². The second-order valence-corrected chi connectivity index (χ2v) is 16.3. The molecule has 1 atom stereocenters. The van der Waals surface area contributed by atoms with Gasteiger partial charge in [0.15, 0.2) is 6.29 Å². The molecule has 1 aliphatic rings. The summed E-state index contributed by atoms with van der Waals surface area (Å²) in [5.41, 5.74) is 1.55. The Morgan fingerprint density at radius 1 is 1.29 bits per heavy atom. The molecule has 1 fully saturated rings. The van der Waals surface area contributed by atoms with Crippen molar-refractivity contribution in [3.05, 3.63) is 23.3 Å². The van der Waals surface area contributed by atoms with Crippen LogP contribution in [-0.4, -0.2) is 58.0 Å². The lowest BCUT2D eigenvalue weighted by atomic mass is 9.80. The fraction of sp³-hybridized carbons (Fsp3) is 0.731. The third kappa shape index (κ3) is 7.66. The third-order valence-corrected chi connectivity index (χ3v) is 8.45. The van der Waals surface area contributed by atoms with Crippen molar-refractivity contribution in [3.63, 3.8) is 0 Å². The molecule has 34 heavy (non-hydrogen) atoms. The maximum absolute atomic E-state index is 12.1. The number of hydrogen-bond donors (Lipinski definition) is 1. The summed E-state index contributed by atoms with van der Waals surface area (Å²) in [5.74, 6) is 0.664. The predicted octanol–water partition coefficient (Wildman–Crippen LogP) is 6.74. The monoisotopic (exact) mass is 700 g/mol. The Morgan fingerprint density at radius 3 is 2.47 bits per heavy atom. The van der Waals surface area contributed by atoms with Gasteiger partial charge in [-0.2, -0.15) is 0 Å². The number of benzene rings is 1. The summed E-state index contributed by atoms with van der Waals surface area (Å²) in [7, 11) is 3.65. The first-order valence-electron chi connectivity index (χ1n) is 12.2. The summed E-state index contributed by atoms with van der Waals surface area (Å²) in [6, 6.07) is 3.98. The third-order valence-electron chi connectivity index (χ3n) is 6.66. The Bertz CT molecular complexity index is 820. The lowest BCUT2D eigenvalue weighted by molar-refractivity contribution is -0.229. The maximum Gasteiger partial charge on any atom is 0.157 e. The van der Waals surface area contributed by atoms with Crippen LogP contribution in [0.2, 0.25) is 0 Å². The van der Waals surface area contributed by atoms with E-state index in [9.17, 15) is 5.11 Å². The zero-order valence-electron chi connectivity index (χ0n) is 21.8. The smallest absolute Gasteiger partial charge is 0.157 e. The van der Waals surface area contributed by atoms with E-state index in [0.29, 0.717) is 25.4 Å². The average molecular weight is 700 g/mol. The molecule has 194 valence electrons. The highest BCUT2D eigenvalue weighted by Crippen LogP contribution is 2.52. The van der Waals surface area contributed by atoms with Gasteiger partial charge in [-0.25, -0.2) is 4.99 Å². The van der Waals surface area contributed by atoms with E-state index in [0.717, 1.165) is 49.0 Å². The van der Waals surface area contributed by atoms with Gasteiger partial charge in [0, 0.05) is 30.6 Å². The Balaban J connectivity index is 2.24. The number of methoxy groups -OCH3 is 1. The van der Waals surface area contributed by atoms with Crippen LogP contribution >= 0.6 is 45.2 Å². The lowest BCUT2D eigenvalue weighted by Gasteiger charge is -2.41. The van der Waals surface area contributed by atoms with Gasteiger partial charge in [0.2, 0.25) is 0 Å². The molecule has 2 rings (SSSR count). The molecule has 1 N–H and O–H groups in total. The number of nitrogens with zero attached hydrogens (tertiary/aromatic N) is 2. The summed E-state index contributed by atoms with van der Waals surface area (Å²) in [6.07, 6.45) is 6.13. The van der Waals surface area contributed by atoms with Gasteiger partial charge in [-0.3, -0.25) is 0 Å². The molecular weight excluding hydrogens is 658 g/mol. The molecule has 1 aromatic carbocycles. The molecule has 1 unspecified atom stereocenters. The molecule has 0 aliphatic carbocycles. The van der Waals surface area contributed by atoms with Gasteiger partial charge in [-0.05, 0) is 58.1 Å². The van der Waals surface area contributed by atoms with Crippen molar-refractivity contribution in [2.45, 2.75) is 80.0 Å². The highest BCUT2D eigenvalue weighted by molar-refractivity contribution is 14.2. The van der Waals surface area contributed by atoms with Crippen LogP contribution in [0.5, 0.6) is 5.75 Å². The number of hydrogen-bond acceptors (Lipinski definition) is 5. The quantitative estimate of drug-likeness (QED) is 0.113. The molecule has 0 saturated carbocycles. The van der Waals surface area contributed by atoms with Gasteiger partial charge in [-0.1, -0.05) is 65.5 Å². The van der Waals surface area contributed by atoms with Gasteiger partial charge in [-0.15, -0.1) is 0 Å². The first kappa shape index (κ1) is 30.1. The molecular formula is C26H42I2N2O4. The number of aliphatic hydroxyl groups is 1. The van der Waals surface area contributed by atoms with Crippen LogP contribution < -0.4 is 4.74 Å². The van der Waals surface area contributed by atoms with Crippen LogP contribution in [0.3, 0.4) is 0 Å². The van der Waals surface area contributed by atoms with Crippen molar-refractivity contribution in [2.24, 2.45) is 10.4 Å². The van der Waals surface area contributed by atoms with Crippen LogP contribution in [0.15, 0.2) is 17.1 Å². The molecule has 0 radical (unpaired) electrons. The average Bonchev–Trinajstić information content (AvgIpc) is 2.78. The van der Waals surface area contributed by atoms with E-state index in [2.05, 4.69) is 77.9 Å². The summed E-state index contributed by atoms with van der Waals surface area (Å²) in [6.45, 7) is 12.8. The SMILES string of the molecule is CCCC1OCC(C)(CCCC(O)(c2cc(C)c(N=CN(C)CC)cc2OC)C(C)(I)I)CO1. The van der Waals surface area contributed by atoms with Crippen LogP contribution in [0, 0.1) is 12.3 Å².